The average molecular weight is 314 g/mol. The second kappa shape index (κ2) is 5.22. The summed E-state index contributed by atoms with van der Waals surface area (Å²) in [5, 5.41) is 3.51. The summed E-state index contributed by atoms with van der Waals surface area (Å²) < 4.78 is 6.86. The van der Waals surface area contributed by atoms with Crippen LogP contribution in [0, 0.1) is 0 Å². The van der Waals surface area contributed by atoms with Gasteiger partial charge in [0.25, 0.3) is 5.56 Å². The van der Waals surface area contributed by atoms with E-state index in [2.05, 4.69) is 5.32 Å². The lowest BCUT2D eigenvalue weighted by Crippen LogP contribution is -2.35. The molecule has 1 N–H and O–H groups in total. The number of rotatable bonds is 2. The van der Waals surface area contributed by atoms with E-state index >= 15 is 0 Å². The van der Waals surface area contributed by atoms with Crippen molar-refractivity contribution in [1.82, 2.24) is 9.88 Å². The molecule has 1 aliphatic heterocycles. The monoisotopic (exact) mass is 314 g/mol. The van der Waals surface area contributed by atoms with E-state index in [9.17, 15) is 14.4 Å². The maximum Gasteiger partial charge on any atom is 0.408 e. The normalized spacial score (nSPS) is 16.4. The molecule has 0 radical (unpaired) electrons. The maximum atomic E-state index is 12.1. The summed E-state index contributed by atoms with van der Waals surface area (Å²) >= 11 is 0. The second-order valence-corrected chi connectivity index (χ2v) is 6.61. The van der Waals surface area contributed by atoms with E-state index in [0.717, 1.165) is 11.8 Å². The number of hydrogen-bond acceptors (Lipinski definition) is 4. The van der Waals surface area contributed by atoms with Crippen LogP contribution >= 0.6 is 0 Å². The molecule has 0 unspecified atom stereocenters. The van der Waals surface area contributed by atoms with Crippen LogP contribution in [0.3, 0.4) is 0 Å². The highest BCUT2D eigenvalue weighted by Gasteiger charge is 2.29. The predicted molar refractivity (Wildman–Crippen MR) is 85.7 cm³/mol. The van der Waals surface area contributed by atoms with Crippen LogP contribution in [0.5, 0.6) is 0 Å². The van der Waals surface area contributed by atoms with Gasteiger partial charge in [-0.25, -0.2) is 4.79 Å². The summed E-state index contributed by atoms with van der Waals surface area (Å²) in [5.74, 6) is 0. The van der Waals surface area contributed by atoms with Gasteiger partial charge in [0.15, 0.2) is 6.29 Å². The topological polar surface area (TPSA) is 77.4 Å². The molecule has 0 bridgehead atoms. The number of benzene rings is 1. The van der Waals surface area contributed by atoms with Crippen LogP contribution in [0.1, 0.15) is 42.7 Å². The third kappa shape index (κ3) is 2.72. The van der Waals surface area contributed by atoms with Gasteiger partial charge in [0.1, 0.15) is 5.60 Å². The molecule has 1 aromatic carbocycles. The number of aldehydes is 1. The molecule has 0 fully saturated rings. The Morgan fingerprint density at radius 3 is 2.70 bits per heavy atom. The van der Waals surface area contributed by atoms with Gasteiger partial charge < -0.3 is 14.6 Å². The Balaban J connectivity index is 2.01. The van der Waals surface area contributed by atoms with Crippen LogP contribution in [0.4, 0.5) is 4.79 Å². The number of carbonyl (C=O) groups excluding carboxylic acids is 2. The number of aromatic nitrogens is 1. The smallest absolute Gasteiger partial charge is 0.408 e. The zero-order valence-corrected chi connectivity index (χ0v) is 13.3. The molecule has 3 rings (SSSR count). The second-order valence-electron chi connectivity index (χ2n) is 6.61. The van der Waals surface area contributed by atoms with Crippen molar-refractivity contribution in [1.29, 1.82) is 0 Å². The molecule has 23 heavy (non-hydrogen) atoms. The van der Waals surface area contributed by atoms with Crippen LogP contribution in [-0.2, 0) is 11.3 Å². The van der Waals surface area contributed by atoms with Crippen molar-refractivity contribution in [3.8, 4) is 0 Å². The molecule has 1 amide bonds. The Hall–Kier alpha value is -2.63. The minimum atomic E-state index is -0.594. The number of pyridine rings is 1. The first kappa shape index (κ1) is 15.3. The first-order valence-electron chi connectivity index (χ1n) is 7.41. The molecule has 6 nitrogen and oxygen atoms in total. The fourth-order valence-corrected chi connectivity index (χ4v) is 2.89. The number of carbonyl (C=O) groups is 2. The molecule has 0 saturated carbocycles. The quantitative estimate of drug-likeness (QED) is 0.863. The van der Waals surface area contributed by atoms with Gasteiger partial charge in [-0.1, -0.05) is 12.1 Å². The predicted octanol–water partition coefficient (Wildman–Crippen LogP) is 2.39. The molecule has 1 atom stereocenters. The molecule has 120 valence electrons. The lowest BCUT2D eigenvalue weighted by atomic mass is 10.0. The van der Waals surface area contributed by atoms with Crippen molar-refractivity contribution >= 4 is 23.3 Å². The minimum absolute atomic E-state index is 0.157. The summed E-state index contributed by atoms with van der Waals surface area (Å²) in [4.78, 5) is 35.3. The zero-order valence-electron chi connectivity index (χ0n) is 13.3. The van der Waals surface area contributed by atoms with E-state index in [4.69, 9.17) is 4.74 Å². The summed E-state index contributed by atoms with van der Waals surface area (Å²) in [6.07, 6.45) is 0.235. The zero-order chi connectivity index (χ0) is 16.8. The van der Waals surface area contributed by atoms with Gasteiger partial charge >= 0.3 is 6.09 Å². The van der Waals surface area contributed by atoms with Crippen molar-refractivity contribution < 1.29 is 14.3 Å². The van der Waals surface area contributed by atoms with E-state index in [-0.39, 0.29) is 11.6 Å². The van der Waals surface area contributed by atoms with Gasteiger partial charge in [-0.2, -0.15) is 0 Å². The van der Waals surface area contributed by atoms with Crippen molar-refractivity contribution in [2.75, 3.05) is 0 Å². The molecular formula is C17H18N2O4. The number of hydrogen-bond donors (Lipinski definition) is 1. The van der Waals surface area contributed by atoms with Crippen LogP contribution in [-0.4, -0.2) is 22.5 Å². The Morgan fingerprint density at radius 2 is 2.04 bits per heavy atom. The third-order valence-corrected chi connectivity index (χ3v) is 3.77. The molecular weight excluding hydrogens is 296 g/mol. The summed E-state index contributed by atoms with van der Waals surface area (Å²) in [6.45, 7) is 5.69. The van der Waals surface area contributed by atoms with E-state index in [1.807, 2.05) is 0 Å². The van der Waals surface area contributed by atoms with E-state index in [1.54, 1.807) is 43.5 Å². The van der Waals surface area contributed by atoms with Crippen LogP contribution in [0.25, 0.3) is 10.9 Å². The van der Waals surface area contributed by atoms with E-state index < -0.39 is 11.7 Å². The van der Waals surface area contributed by atoms with Gasteiger partial charge in [-0.15, -0.1) is 0 Å². The largest absolute Gasteiger partial charge is 0.444 e. The van der Waals surface area contributed by atoms with Crippen molar-refractivity contribution in [3.63, 3.8) is 0 Å². The van der Waals surface area contributed by atoms with Crippen LogP contribution in [0.15, 0.2) is 29.1 Å². The highest BCUT2D eigenvalue weighted by molar-refractivity contribution is 5.98. The van der Waals surface area contributed by atoms with Crippen molar-refractivity contribution in [3.05, 3.63) is 45.7 Å². The molecule has 1 aromatic heterocycles. The Bertz CT molecular complexity index is 861. The van der Waals surface area contributed by atoms with Gasteiger partial charge in [0.05, 0.1) is 18.1 Å². The van der Waals surface area contributed by atoms with Gasteiger partial charge in [-0.3, -0.25) is 9.59 Å². The Labute approximate surface area is 133 Å². The molecule has 1 aliphatic rings. The van der Waals surface area contributed by atoms with Crippen LogP contribution < -0.4 is 10.9 Å². The van der Waals surface area contributed by atoms with Gasteiger partial charge in [-0.05, 0) is 26.8 Å². The summed E-state index contributed by atoms with van der Waals surface area (Å²) in [7, 11) is 0. The first-order valence-corrected chi connectivity index (χ1v) is 7.41. The highest BCUT2D eigenvalue weighted by atomic mass is 16.6. The Kier molecular flexibility index (Phi) is 3.47. The Morgan fingerprint density at radius 1 is 1.30 bits per heavy atom. The van der Waals surface area contributed by atoms with Crippen molar-refractivity contribution in [2.24, 2.45) is 0 Å². The number of alkyl carbamates (subject to hydrolysis) is 1. The molecule has 0 aliphatic carbocycles. The SMILES string of the molecule is CC(C)(C)OC(=O)N[C@H]1Cn2c(=O)ccc3c(C=O)ccc1c32. The average Bonchev–Trinajstić information content (AvgIpc) is 2.81. The number of ether oxygens (including phenoxy) is 1. The number of amides is 1. The number of nitrogens with zero attached hydrogens (tertiary/aromatic N) is 1. The molecule has 2 heterocycles. The van der Waals surface area contributed by atoms with Crippen molar-refractivity contribution in [2.45, 2.75) is 39.0 Å². The summed E-state index contributed by atoms with van der Waals surface area (Å²) in [6, 6.07) is 6.21. The molecule has 6 heteroatoms. The molecule has 2 aromatic rings. The van der Waals surface area contributed by atoms with Gasteiger partial charge in [0.2, 0.25) is 0 Å². The van der Waals surface area contributed by atoms with E-state index in [0.29, 0.717) is 23.0 Å². The standard InChI is InChI=1S/C17H18N2O4/c1-17(2,3)23-16(22)18-13-8-19-14(21)7-6-11-10(9-20)4-5-12(13)15(11)19/h4-7,9,13H,8H2,1-3H3,(H,18,22)/t13-/m0/s1. The third-order valence-electron chi connectivity index (χ3n) is 3.77. The first-order chi connectivity index (χ1) is 10.8. The molecule has 0 spiro atoms. The lowest BCUT2D eigenvalue weighted by Gasteiger charge is -2.22. The van der Waals surface area contributed by atoms with E-state index in [1.165, 1.54) is 6.07 Å². The number of nitrogens with one attached hydrogen (secondary N) is 1. The van der Waals surface area contributed by atoms with Crippen LogP contribution in [0.2, 0.25) is 0 Å². The minimum Gasteiger partial charge on any atom is -0.444 e. The lowest BCUT2D eigenvalue weighted by molar-refractivity contribution is 0.0501. The fraction of sp³-hybridized carbons (Fsp3) is 0.353. The molecule has 0 saturated heterocycles. The van der Waals surface area contributed by atoms with Gasteiger partial charge in [0, 0.05) is 22.6 Å². The highest BCUT2D eigenvalue weighted by Crippen LogP contribution is 2.32. The maximum absolute atomic E-state index is 12.1. The summed E-state index contributed by atoms with van der Waals surface area (Å²) in [5.41, 5.74) is 1.28. The fourth-order valence-electron chi connectivity index (χ4n) is 2.89.